The lowest BCUT2D eigenvalue weighted by Crippen LogP contribution is -2.32. The first-order chi connectivity index (χ1) is 14.1. The predicted molar refractivity (Wildman–Crippen MR) is 112 cm³/mol. The third-order valence-corrected chi connectivity index (χ3v) is 6.20. The molecule has 3 aromatic rings. The van der Waals surface area contributed by atoms with Crippen LogP contribution in [0, 0.1) is 5.92 Å². The maximum absolute atomic E-state index is 5.78. The summed E-state index contributed by atoms with van der Waals surface area (Å²) in [5, 5.41) is 8.86. The molecule has 1 saturated carbocycles. The van der Waals surface area contributed by atoms with Crippen LogP contribution in [0.2, 0.25) is 0 Å². The second-order valence-corrected chi connectivity index (χ2v) is 8.22. The smallest absolute Gasteiger partial charge is 0.229 e. The summed E-state index contributed by atoms with van der Waals surface area (Å²) in [5.41, 5.74) is 10.2. The van der Waals surface area contributed by atoms with Crippen molar-refractivity contribution in [3.63, 3.8) is 0 Å². The number of ether oxygens (including phenoxy) is 1. The van der Waals surface area contributed by atoms with Crippen molar-refractivity contribution >= 4 is 22.7 Å². The van der Waals surface area contributed by atoms with E-state index < -0.39 is 0 Å². The molecule has 1 aromatic carbocycles. The second kappa shape index (κ2) is 7.27. The van der Waals surface area contributed by atoms with E-state index in [2.05, 4.69) is 39.5 Å². The van der Waals surface area contributed by atoms with Gasteiger partial charge in [-0.15, -0.1) is 0 Å². The van der Waals surface area contributed by atoms with Gasteiger partial charge in [-0.1, -0.05) is 0 Å². The molecule has 152 valence electrons. The van der Waals surface area contributed by atoms with Gasteiger partial charge >= 0.3 is 0 Å². The van der Waals surface area contributed by atoms with Crippen LogP contribution in [0.15, 0.2) is 24.5 Å². The van der Waals surface area contributed by atoms with Gasteiger partial charge in [-0.2, -0.15) is 10.1 Å². The Morgan fingerprint density at radius 2 is 2.10 bits per heavy atom. The number of nitrogens with zero attached hydrogens (tertiary/aromatic N) is 5. The molecule has 2 aromatic heterocycles. The Morgan fingerprint density at radius 1 is 1.24 bits per heavy atom. The first kappa shape index (κ1) is 18.3. The topological polar surface area (TPSA) is 94.1 Å². The summed E-state index contributed by atoms with van der Waals surface area (Å²) < 4.78 is 7.66. The molecule has 8 nitrogen and oxygen atoms in total. The molecule has 1 fully saturated rings. The number of benzene rings is 1. The molecule has 3 N–H and O–H groups in total. The number of methoxy groups -OCH3 is 1. The second-order valence-electron chi connectivity index (χ2n) is 8.22. The summed E-state index contributed by atoms with van der Waals surface area (Å²) in [6.45, 7) is 2.74. The van der Waals surface area contributed by atoms with E-state index in [0.29, 0.717) is 17.9 Å². The molecule has 29 heavy (non-hydrogen) atoms. The normalized spacial score (nSPS) is 21.6. The highest BCUT2D eigenvalue weighted by atomic mass is 16.5. The highest BCUT2D eigenvalue weighted by Crippen LogP contribution is 2.38. The van der Waals surface area contributed by atoms with Crippen molar-refractivity contribution in [3.8, 4) is 5.75 Å². The van der Waals surface area contributed by atoms with Gasteiger partial charge in [-0.05, 0) is 62.0 Å². The molecule has 0 radical (unpaired) electrons. The summed E-state index contributed by atoms with van der Waals surface area (Å²) in [6, 6.07) is 4.67. The van der Waals surface area contributed by atoms with Crippen LogP contribution >= 0.6 is 0 Å². The number of hydrogen-bond acceptors (Lipinski definition) is 7. The van der Waals surface area contributed by atoms with Crippen molar-refractivity contribution in [3.05, 3.63) is 35.7 Å². The van der Waals surface area contributed by atoms with Crippen LogP contribution in [0.1, 0.15) is 30.0 Å². The standard InChI is InChI=1S/C21H27N7O/c1-27-4-3-14-8-19(29-2)18(7-15(14)12-27)25-21-23-10-16-11-24-28(20(16)26-21)17-5-13(6-17)9-22/h7-8,10-11,13,17H,3-6,9,12,22H2,1-2H3,(H,23,25,26). The van der Waals surface area contributed by atoms with E-state index in [-0.39, 0.29) is 0 Å². The fourth-order valence-electron chi connectivity index (χ4n) is 4.37. The first-order valence-corrected chi connectivity index (χ1v) is 10.2. The zero-order valence-electron chi connectivity index (χ0n) is 16.9. The molecule has 0 saturated heterocycles. The van der Waals surface area contributed by atoms with E-state index in [9.17, 15) is 0 Å². The van der Waals surface area contributed by atoms with Crippen LogP contribution in [0.5, 0.6) is 5.75 Å². The number of rotatable bonds is 5. The van der Waals surface area contributed by atoms with E-state index in [1.165, 1.54) is 11.1 Å². The van der Waals surface area contributed by atoms with Crippen molar-refractivity contribution in [1.29, 1.82) is 0 Å². The van der Waals surface area contributed by atoms with Crippen molar-refractivity contribution in [2.75, 3.05) is 32.6 Å². The Kier molecular flexibility index (Phi) is 4.60. The zero-order valence-corrected chi connectivity index (χ0v) is 16.9. The minimum absolute atomic E-state index is 0.373. The number of nitrogens with one attached hydrogen (secondary N) is 1. The highest BCUT2D eigenvalue weighted by Gasteiger charge is 2.31. The molecule has 3 heterocycles. The summed E-state index contributed by atoms with van der Waals surface area (Å²) >= 11 is 0. The third kappa shape index (κ3) is 3.32. The molecule has 0 atom stereocenters. The molecular formula is C21H27N7O. The summed E-state index contributed by atoms with van der Waals surface area (Å²) in [6.07, 6.45) is 6.82. The molecule has 1 aliphatic heterocycles. The van der Waals surface area contributed by atoms with E-state index in [0.717, 1.165) is 61.4 Å². The van der Waals surface area contributed by atoms with Gasteiger partial charge in [0.2, 0.25) is 5.95 Å². The summed E-state index contributed by atoms with van der Waals surface area (Å²) in [7, 11) is 3.85. The Morgan fingerprint density at radius 3 is 2.90 bits per heavy atom. The molecule has 5 rings (SSSR count). The number of nitrogens with two attached hydrogens (primary N) is 1. The van der Waals surface area contributed by atoms with Gasteiger partial charge in [0.25, 0.3) is 0 Å². The molecule has 1 aliphatic carbocycles. The molecule has 0 amide bonds. The average Bonchev–Trinajstić information content (AvgIpc) is 3.10. The fourth-order valence-corrected chi connectivity index (χ4v) is 4.37. The lowest BCUT2D eigenvalue weighted by molar-refractivity contribution is 0.194. The number of fused-ring (bicyclic) bond motifs is 2. The Balaban J connectivity index is 1.45. The van der Waals surface area contributed by atoms with E-state index in [1.54, 1.807) is 7.11 Å². The summed E-state index contributed by atoms with van der Waals surface area (Å²) in [5.74, 6) is 1.96. The highest BCUT2D eigenvalue weighted by molar-refractivity contribution is 5.76. The predicted octanol–water partition coefficient (Wildman–Crippen LogP) is 2.48. The van der Waals surface area contributed by atoms with Crippen LogP contribution in [0.3, 0.4) is 0 Å². The number of aromatic nitrogens is 4. The molecular weight excluding hydrogens is 366 g/mol. The van der Waals surface area contributed by atoms with Crippen molar-refractivity contribution in [2.24, 2.45) is 11.7 Å². The third-order valence-electron chi connectivity index (χ3n) is 6.20. The Hall–Kier alpha value is -2.71. The van der Waals surface area contributed by atoms with Crippen molar-refractivity contribution < 1.29 is 4.74 Å². The largest absolute Gasteiger partial charge is 0.495 e. The molecule has 0 bridgehead atoms. The molecule has 2 aliphatic rings. The van der Waals surface area contributed by atoms with E-state index in [4.69, 9.17) is 15.5 Å². The maximum atomic E-state index is 5.78. The number of likely N-dealkylation sites (N-methyl/N-ethyl adjacent to an activating group) is 1. The van der Waals surface area contributed by atoms with Gasteiger partial charge in [-0.3, -0.25) is 0 Å². The van der Waals surface area contributed by atoms with Crippen LogP contribution in [0.25, 0.3) is 11.0 Å². The van der Waals surface area contributed by atoms with Gasteiger partial charge in [0.1, 0.15) is 5.75 Å². The monoisotopic (exact) mass is 393 g/mol. The van der Waals surface area contributed by atoms with Crippen molar-refractivity contribution in [2.45, 2.75) is 31.8 Å². The lowest BCUT2D eigenvalue weighted by Gasteiger charge is -2.34. The quantitative estimate of drug-likeness (QED) is 0.688. The van der Waals surface area contributed by atoms with Gasteiger partial charge < -0.3 is 20.7 Å². The van der Waals surface area contributed by atoms with Gasteiger partial charge in [0.05, 0.1) is 30.4 Å². The van der Waals surface area contributed by atoms with E-state index >= 15 is 0 Å². The molecule has 0 spiro atoms. The lowest BCUT2D eigenvalue weighted by atomic mass is 9.80. The average molecular weight is 393 g/mol. The SMILES string of the molecule is COc1cc2c(cc1Nc1ncc3cnn(C4CC(CN)C4)c3n1)CN(C)CC2. The number of hydrogen-bond donors (Lipinski definition) is 2. The molecule has 8 heteroatoms. The Bertz CT molecular complexity index is 1040. The van der Waals surface area contributed by atoms with E-state index in [1.807, 2.05) is 17.1 Å². The van der Waals surface area contributed by atoms with Gasteiger partial charge in [0.15, 0.2) is 5.65 Å². The minimum Gasteiger partial charge on any atom is -0.495 e. The minimum atomic E-state index is 0.373. The zero-order chi connectivity index (χ0) is 20.0. The first-order valence-electron chi connectivity index (χ1n) is 10.2. The maximum Gasteiger partial charge on any atom is 0.229 e. The van der Waals surface area contributed by atoms with Gasteiger partial charge in [-0.25, -0.2) is 9.67 Å². The van der Waals surface area contributed by atoms with Gasteiger partial charge in [0, 0.05) is 19.3 Å². The van der Waals surface area contributed by atoms with Crippen LogP contribution in [0.4, 0.5) is 11.6 Å². The molecule has 0 unspecified atom stereocenters. The number of anilines is 2. The Labute approximate surface area is 170 Å². The fraction of sp³-hybridized carbons (Fsp3) is 0.476. The van der Waals surface area contributed by atoms with Crippen molar-refractivity contribution in [1.82, 2.24) is 24.6 Å². The van der Waals surface area contributed by atoms with Crippen LogP contribution < -0.4 is 15.8 Å². The van der Waals surface area contributed by atoms with Crippen LogP contribution in [-0.2, 0) is 13.0 Å². The van der Waals surface area contributed by atoms with Crippen LogP contribution in [-0.4, -0.2) is 51.9 Å². The summed E-state index contributed by atoms with van der Waals surface area (Å²) in [4.78, 5) is 11.6.